The predicted molar refractivity (Wildman–Crippen MR) is 68.4 cm³/mol. The van der Waals surface area contributed by atoms with E-state index in [0.29, 0.717) is 0 Å². The van der Waals surface area contributed by atoms with Crippen LogP contribution < -0.4 is 5.32 Å². The quantitative estimate of drug-likeness (QED) is 0.790. The summed E-state index contributed by atoms with van der Waals surface area (Å²) in [7, 11) is 1.96. The Hall–Kier alpha value is -1.54. The second kappa shape index (κ2) is 4.99. The fourth-order valence-corrected chi connectivity index (χ4v) is 1.71. The van der Waals surface area contributed by atoms with Crippen molar-refractivity contribution >= 4 is 16.5 Å². The van der Waals surface area contributed by atoms with Gasteiger partial charge < -0.3 is 9.73 Å². The van der Waals surface area contributed by atoms with Crippen LogP contribution in [-0.4, -0.2) is 13.6 Å². The van der Waals surface area contributed by atoms with E-state index in [4.69, 9.17) is 4.42 Å². The van der Waals surface area contributed by atoms with Gasteiger partial charge in [-0.15, -0.1) is 0 Å². The van der Waals surface area contributed by atoms with Crippen LogP contribution in [0.1, 0.15) is 19.1 Å². The molecule has 0 saturated carbocycles. The molecule has 0 aliphatic heterocycles. The molecular weight excluding hydrogens is 198 g/mol. The number of fused-ring (bicyclic) bond motifs is 1. The van der Waals surface area contributed by atoms with Crippen molar-refractivity contribution < 1.29 is 4.42 Å². The maximum atomic E-state index is 5.77. The van der Waals surface area contributed by atoms with Gasteiger partial charge in [-0.05, 0) is 44.6 Å². The van der Waals surface area contributed by atoms with Crippen molar-refractivity contribution in [2.45, 2.75) is 13.3 Å². The Morgan fingerprint density at radius 1 is 1.38 bits per heavy atom. The zero-order chi connectivity index (χ0) is 11.4. The van der Waals surface area contributed by atoms with Gasteiger partial charge in [0.2, 0.25) is 0 Å². The Bertz CT molecular complexity index is 463. The number of benzene rings is 1. The molecule has 0 aliphatic carbocycles. The molecule has 2 nitrogen and oxygen atoms in total. The van der Waals surface area contributed by atoms with E-state index in [0.717, 1.165) is 24.3 Å². The van der Waals surface area contributed by atoms with Gasteiger partial charge in [0.1, 0.15) is 11.3 Å². The lowest BCUT2D eigenvalue weighted by molar-refractivity contribution is 0.599. The van der Waals surface area contributed by atoms with Crippen molar-refractivity contribution in [3.05, 3.63) is 42.2 Å². The van der Waals surface area contributed by atoms with Crippen molar-refractivity contribution in [1.29, 1.82) is 0 Å². The van der Waals surface area contributed by atoms with Gasteiger partial charge in [-0.25, -0.2) is 0 Å². The van der Waals surface area contributed by atoms with Crippen LogP contribution in [0.3, 0.4) is 0 Å². The summed E-state index contributed by atoms with van der Waals surface area (Å²) in [5, 5.41) is 4.29. The molecule has 1 N–H and O–H groups in total. The maximum absolute atomic E-state index is 5.77. The van der Waals surface area contributed by atoms with Gasteiger partial charge in [0.05, 0.1) is 0 Å². The van der Waals surface area contributed by atoms with Gasteiger partial charge in [-0.1, -0.05) is 24.3 Å². The second-order valence-corrected chi connectivity index (χ2v) is 3.93. The van der Waals surface area contributed by atoms with E-state index in [1.165, 1.54) is 11.0 Å². The molecule has 0 fully saturated rings. The maximum Gasteiger partial charge on any atom is 0.134 e. The van der Waals surface area contributed by atoms with Gasteiger partial charge in [0, 0.05) is 5.39 Å². The first-order chi connectivity index (χ1) is 7.81. The van der Waals surface area contributed by atoms with Crippen LogP contribution in [0.15, 0.2) is 40.8 Å². The fourth-order valence-electron chi connectivity index (χ4n) is 1.71. The highest BCUT2D eigenvalue weighted by Gasteiger charge is 2.03. The molecule has 0 saturated heterocycles. The standard InChI is InChI=1S/C14H17NO/c1-11(6-5-9-15-2)14-10-12-7-3-4-8-13(12)16-14/h3-4,6-8,10,15H,5,9H2,1-2H3/b11-6-. The molecule has 1 aromatic carbocycles. The Balaban J connectivity index is 2.22. The largest absolute Gasteiger partial charge is 0.456 e. The van der Waals surface area contributed by atoms with Crippen molar-refractivity contribution in [3.63, 3.8) is 0 Å². The topological polar surface area (TPSA) is 25.2 Å². The summed E-state index contributed by atoms with van der Waals surface area (Å²) in [6.45, 7) is 3.09. The zero-order valence-electron chi connectivity index (χ0n) is 9.79. The molecule has 2 rings (SSSR count). The van der Waals surface area contributed by atoms with Crippen LogP contribution in [-0.2, 0) is 0 Å². The third-order valence-corrected chi connectivity index (χ3v) is 2.66. The minimum Gasteiger partial charge on any atom is -0.456 e. The van der Waals surface area contributed by atoms with Crippen LogP contribution in [0.2, 0.25) is 0 Å². The molecule has 0 spiro atoms. The average molecular weight is 215 g/mol. The number of hydrogen-bond acceptors (Lipinski definition) is 2. The monoisotopic (exact) mass is 215 g/mol. The van der Waals surface area contributed by atoms with E-state index >= 15 is 0 Å². The third-order valence-electron chi connectivity index (χ3n) is 2.66. The smallest absolute Gasteiger partial charge is 0.134 e. The highest BCUT2D eigenvalue weighted by Crippen LogP contribution is 2.24. The van der Waals surface area contributed by atoms with E-state index < -0.39 is 0 Å². The van der Waals surface area contributed by atoms with Crippen LogP contribution in [0.5, 0.6) is 0 Å². The fraction of sp³-hybridized carbons (Fsp3) is 0.286. The van der Waals surface area contributed by atoms with Crippen molar-refractivity contribution in [2.75, 3.05) is 13.6 Å². The molecule has 0 aliphatic rings. The van der Waals surface area contributed by atoms with E-state index in [9.17, 15) is 0 Å². The molecule has 84 valence electrons. The normalized spacial score (nSPS) is 12.2. The summed E-state index contributed by atoms with van der Waals surface area (Å²) in [5.41, 5.74) is 2.16. The minimum absolute atomic E-state index is 0.957. The van der Waals surface area contributed by atoms with Gasteiger partial charge in [-0.2, -0.15) is 0 Å². The molecule has 0 amide bonds. The summed E-state index contributed by atoms with van der Waals surface area (Å²) in [4.78, 5) is 0. The lowest BCUT2D eigenvalue weighted by Gasteiger charge is -1.96. The lowest BCUT2D eigenvalue weighted by Crippen LogP contribution is -2.05. The number of furan rings is 1. The SMILES string of the molecule is CNCC/C=C(/C)c1cc2ccccc2o1. The van der Waals surface area contributed by atoms with E-state index in [1.54, 1.807) is 0 Å². The van der Waals surface area contributed by atoms with Crippen LogP contribution in [0.4, 0.5) is 0 Å². The number of hydrogen-bond donors (Lipinski definition) is 1. The Morgan fingerprint density at radius 2 is 2.19 bits per heavy atom. The first-order valence-corrected chi connectivity index (χ1v) is 5.61. The van der Waals surface area contributed by atoms with Gasteiger partial charge >= 0.3 is 0 Å². The Kier molecular flexibility index (Phi) is 3.42. The third kappa shape index (κ3) is 2.34. The Labute approximate surface area is 96.0 Å². The molecule has 0 atom stereocenters. The molecule has 2 heteroatoms. The van der Waals surface area contributed by atoms with Crippen LogP contribution in [0, 0.1) is 0 Å². The molecule has 0 unspecified atom stereocenters. The molecule has 1 heterocycles. The van der Waals surface area contributed by atoms with Crippen molar-refractivity contribution in [2.24, 2.45) is 0 Å². The van der Waals surface area contributed by atoms with Crippen LogP contribution in [0.25, 0.3) is 16.5 Å². The molecule has 0 bridgehead atoms. The van der Waals surface area contributed by atoms with Gasteiger partial charge in [0.25, 0.3) is 0 Å². The van der Waals surface area contributed by atoms with E-state index in [-0.39, 0.29) is 0 Å². The summed E-state index contributed by atoms with van der Waals surface area (Å²) in [5.74, 6) is 0.970. The van der Waals surface area contributed by atoms with Crippen molar-refractivity contribution in [1.82, 2.24) is 5.32 Å². The summed E-state index contributed by atoms with van der Waals surface area (Å²) >= 11 is 0. The minimum atomic E-state index is 0.957. The summed E-state index contributed by atoms with van der Waals surface area (Å²) in [6.07, 6.45) is 3.23. The van der Waals surface area contributed by atoms with E-state index in [1.807, 2.05) is 25.2 Å². The van der Waals surface area contributed by atoms with E-state index in [2.05, 4.69) is 30.4 Å². The summed E-state index contributed by atoms with van der Waals surface area (Å²) in [6, 6.07) is 10.2. The number of nitrogens with one attached hydrogen (secondary N) is 1. The number of allylic oxidation sites excluding steroid dienone is 1. The molecule has 2 aromatic rings. The molecule has 16 heavy (non-hydrogen) atoms. The van der Waals surface area contributed by atoms with Crippen LogP contribution >= 0.6 is 0 Å². The predicted octanol–water partition coefficient (Wildman–Crippen LogP) is 3.45. The summed E-state index contributed by atoms with van der Waals surface area (Å²) < 4.78 is 5.77. The van der Waals surface area contributed by atoms with Crippen molar-refractivity contribution in [3.8, 4) is 0 Å². The first-order valence-electron chi connectivity index (χ1n) is 5.61. The molecule has 0 radical (unpaired) electrons. The second-order valence-electron chi connectivity index (χ2n) is 3.93. The molecular formula is C14H17NO. The number of rotatable bonds is 4. The number of para-hydroxylation sites is 1. The highest BCUT2D eigenvalue weighted by molar-refractivity contribution is 5.81. The highest BCUT2D eigenvalue weighted by atomic mass is 16.3. The molecule has 1 aromatic heterocycles. The Morgan fingerprint density at radius 3 is 2.94 bits per heavy atom. The average Bonchev–Trinajstić information content (AvgIpc) is 2.73. The first kappa shape index (κ1) is 11.0. The lowest BCUT2D eigenvalue weighted by atomic mass is 10.2. The zero-order valence-corrected chi connectivity index (χ0v) is 9.79. The van der Waals surface area contributed by atoms with Gasteiger partial charge in [0.15, 0.2) is 0 Å². The van der Waals surface area contributed by atoms with Gasteiger partial charge in [-0.3, -0.25) is 0 Å².